The van der Waals surface area contributed by atoms with Gasteiger partial charge in [-0.25, -0.2) is 0 Å². The molecule has 0 saturated heterocycles. The summed E-state index contributed by atoms with van der Waals surface area (Å²) in [6, 6.07) is 0. The lowest BCUT2D eigenvalue weighted by molar-refractivity contribution is -0.162. The number of aliphatic carboxylic acids is 1. The molecule has 0 heterocycles. The molecule has 0 aromatic carbocycles. The molecule has 4 bridgehead atoms. The van der Waals surface area contributed by atoms with Crippen molar-refractivity contribution in [3.05, 3.63) is 0 Å². The highest BCUT2D eigenvalue weighted by Gasteiger charge is 2.55. The first-order valence-corrected chi connectivity index (χ1v) is 7.16. The summed E-state index contributed by atoms with van der Waals surface area (Å²) in [5.41, 5.74) is 4.54. The van der Waals surface area contributed by atoms with Crippen LogP contribution in [0.3, 0.4) is 0 Å². The van der Waals surface area contributed by atoms with Gasteiger partial charge in [-0.05, 0) is 61.7 Å². The van der Waals surface area contributed by atoms with Crippen molar-refractivity contribution in [2.75, 3.05) is 6.54 Å². The summed E-state index contributed by atoms with van der Waals surface area (Å²) >= 11 is 0. The molecule has 0 spiro atoms. The average molecular weight is 253 g/mol. The van der Waals surface area contributed by atoms with Gasteiger partial charge in [0.15, 0.2) is 0 Å². The smallest absolute Gasteiger partial charge is 0.306 e. The zero-order valence-electron chi connectivity index (χ0n) is 10.7. The summed E-state index contributed by atoms with van der Waals surface area (Å²) in [6.07, 6.45) is 5.88. The Morgan fingerprint density at radius 2 is 1.61 bits per heavy atom. The van der Waals surface area contributed by atoms with Crippen molar-refractivity contribution in [2.45, 2.75) is 44.1 Å². The second-order valence-corrected chi connectivity index (χ2v) is 6.83. The second kappa shape index (κ2) is 4.20. The van der Waals surface area contributed by atoms with E-state index in [-0.39, 0.29) is 18.9 Å². The molecule has 0 aromatic rings. The molecular weight excluding hydrogens is 230 g/mol. The number of carboxylic acids is 1. The van der Waals surface area contributed by atoms with Crippen molar-refractivity contribution in [3.63, 3.8) is 0 Å². The molecule has 4 N–H and O–H groups in total. The number of hydrogen-bond acceptors (Lipinski definition) is 3. The van der Waals surface area contributed by atoms with E-state index < -0.39 is 11.6 Å². The fourth-order valence-corrected chi connectivity index (χ4v) is 5.39. The van der Waals surface area contributed by atoms with E-state index in [2.05, 4.69) is 0 Å². The number of carbonyl (C=O) groups is 1. The van der Waals surface area contributed by atoms with E-state index in [0.717, 1.165) is 11.8 Å². The van der Waals surface area contributed by atoms with Crippen LogP contribution in [0.2, 0.25) is 0 Å². The predicted octanol–water partition coefficient (Wildman–Crippen LogP) is 1.22. The average Bonchev–Trinajstić information content (AvgIpc) is 2.26. The van der Waals surface area contributed by atoms with Crippen LogP contribution in [-0.4, -0.2) is 28.3 Å². The normalized spacial score (nSPS) is 44.9. The van der Waals surface area contributed by atoms with Gasteiger partial charge in [0.2, 0.25) is 0 Å². The van der Waals surface area contributed by atoms with Gasteiger partial charge in [-0.2, -0.15) is 0 Å². The van der Waals surface area contributed by atoms with E-state index in [4.69, 9.17) is 10.8 Å². The third-order valence-electron chi connectivity index (χ3n) is 5.66. The van der Waals surface area contributed by atoms with Crippen molar-refractivity contribution in [1.29, 1.82) is 0 Å². The first-order chi connectivity index (χ1) is 8.51. The van der Waals surface area contributed by atoms with E-state index >= 15 is 0 Å². The van der Waals surface area contributed by atoms with Gasteiger partial charge in [-0.3, -0.25) is 4.79 Å². The highest BCUT2D eigenvalue weighted by atomic mass is 16.4. The first kappa shape index (κ1) is 12.4. The minimum Gasteiger partial charge on any atom is -0.481 e. The largest absolute Gasteiger partial charge is 0.481 e. The van der Waals surface area contributed by atoms with Crippen molar-refractivity contribution in [1.82, 2.24) is 0 Å². The number of nitrogens with two attached hydrogens (primary N) is 1. The molecule has 0 radical (unpaired) electrons. The molecule has 0 aromatic heterocycles. The molecule has 0 amide bonds. The molecule has 4 saturated carbocycles. The van der Waals surface area contributed by atoms with Crippen LogP contribution in [0.15, 0.2) is 0 Å². The molecule has 1 unspecified atom stereocenters. The Morgan fingerprint density at radius 3 is 2.00 bits per heavy atom. The van der Waals surface area contributed by atoms with Gasteiger partial charge >= 0.3 is 5.97 Å². The van der Waals surface area contributed by atoms with E-state index in [1.807, 2.05) is 0 Å². The third kappa shape index (κ3) is 1.86. The van der Waals surface area contributed by atoms with Crippen LogP contribution in [0.4, 0.5) is 0 Å². The van der Waals surface area contributed by atoms with Crippen molar-refractivity contribution < 1.29 is 15.0 Å². The summed E-state index contributed by atoms with van der Waals surface area (Å²) < 4.78 is 0. The Balaban J connectivity index is 1.84. The topological polar surface area (TPSA) is 83.5 Å². The maximum atomic E-state index is 11.0. The molecule has 18 heavy (non-hydrogen) atoms. The molecule has 4 nitrogen and oxygen atoms in total. The van der Waals surface area contributed by atoms with Gasteiger partial charge in [0.25, 0.3) is 0 Å². The lowest BCUT2D eigenvalue weighted by Gasteiger charge is -2.58. The highest BCUT2D eigenvalue weighted by molar-refractivity contribution is 5.68. The summed E-state index contributed by atoms with van der Waals surface area (Å²) in [5, 5.41) is 19.7. The maximum absolute atomic E-state index is 11.0. The Morgan fingerprint density at radius 1 is 1.11 bits per heavy atom. The summed E-state index contributed by atoms with van der Waals surface area (Å²) in [4.78, 5) is 11.0. The number of aliphatic hydroxyl groups is 1. The Labute approximate surface area is 108 Å². The van der Waals surface area contributed by atoms with Gasteiger partial charge in [-0.15, -0.1) is 0 Å². The zero-order chi connectivity index (χ0) is 12.9. The molecule has 4 rings (SSSR count). The summed E-state index contributed by atoms with van der Waals surface area (Å²) in [6.45, 7) is 0.0757. The van der Waals surface area contributed by atoms with Crippen molar-refractivity contribution >= 4 is 5.97 Å². The molecule has 4 aliphatic carbocycles. The minimum atomic E-state index is -1.19. The lowest BCUT2D eigenvalue weighted by Crippen LogP contribution is -2.58. The quantitative estimate of drug-likeness (QED) is 0.703. The number of hydrogen-bond donors (Lipinski definition) is 3. The van der Waals surface area contributed by atoms with E-state index in [0.29, 0.717) is 11.8 Å². The fraction of sp³-hybridized carbons (Fsp3) is 0.929. The van der Waals surface area contributed by atoms with Crippen molar-refractivity contribution in [2.24, 2.45) is 35.3 Å². The fourth-order valence-electron chi connectivity index (χ4n) is 5.39. The van der Waals surface area contributed by atoms with E-state index in [1.165, 1.54) is 32.1 Å². The predicted molar refractivity (Wildman–Crippen MR) is 66.8 cm³/mol. The van der Waals surface area contributed by atoms with Crippen LogP contribution in [0.5, 0.6) is 0 Å². The Bertz CT molecular complexity index is 329. The molecule has 1 atom stereocenters. The number of carboxylic acid groups (broad SMARTS) is 1. The molecule has 4 heteroatoms. The van der Waals surface area contributed by atoms with Gasteiger partial charge < -0.3 is 15.9 Å². The van der Waals surface area contributed by atoms with Crippen molar-refractivity contribution in [3.8, 4) is 0 Å². The van der Waals surface area contributed by atoms with Crippen LogP contribution < -0.4 is 5.73 Å². The van der Waals surface area contributed by atoms with Gasteiger partial charge in [0.1, 0.15) is 0 Å². The molecule has 4 aliphatic rings. The third-order valence-corrected chi connectivity index (χ3v) is 5.66. The Hall–Kier alpha value is -0.610. The summed E-state index contributed by atoms with van der Waals surface area (Å²) in [7, 11) is 0. The molecular formula is C14H23NO3. The lowest BCUT2D eigenvalue weighted by atomic mass is 9.48. The van der Waals surface area contributed by atoms with Crippen LogP contribution in [0.1, 0.15) is 38.5 Å². The first-order valence-electron chi connectivity index (χ1n) is 7.16. The minimum absolute atomic E-state index is 0.0757. The maximum Gasteiger partial charge on any atom is 0.306 e. The Kier molecular flexibility index (Phi) is 2.90. The standard InChI is InChI=1S/C14H23NO3/c15-7-14(18,6-12(16)17)13-10-2-8-1-9(4-10)5-11(13)3-8/h8-11,13,18H,1-7,15H2,(H,16,17). The van der Waals surface area contributed by atoms with Gasteiger partial charge in [0, 0.05) is 6.54 Å². The van der Waals surface area contributed by atoms with E-state index in [1.54, 1.807) is 0 Å². The van der Waals surface area contributed by atoms with Gasteiger partial charge in [-0.1, -0.05) is 0 Å². The highest BCUT2D eigenvalue weighted by Crippen LogP contribution is 2.59. The molecule has 102 valence electrons. The molecule has 0 aliphatic heterocycles. The van der Waals surface area contributed by atoms with Crippen LogP contribution in [0, 0.1) is 29.6 Å². The number of rotatable bonds is 4. The van der Waals surface area contributed by atoms with Crippen LogP contribution in [-0.2, 0) is 4.79 Å². The zero-order valence-corrected chi connectivity index (χ0v) is 10.7. The van der Waals surface area contributed by atoms with E-state index in [9.17, 15) is 9.90 Å². The second-order valence-electron chi connectivity index (χ2n) is 6.83. The summed E-state index contributed by atoms with van der Waals surface area (Å²) in [5.74, 6) is 1.86. The van der Waals surface area contributed by atoms with Crippen LogP contribution >= 0.6 is 0 Å². The van der Waals surface area contributed by atoms with Crippen LogP contribution in [0.25, 0.3) is 0 Å². The monoisotopic (exact) mass is 253 g/mol. The SMILES string of the molecule is NCC(O)(CC(=O)O)C1C2CC3CC(C2)CC1C3. The molecule has 4 fully saturated rings. The van der Waals surface area contributed by atoms with Gasteiger partial charge in [0.05, 0.1) is 12.0 Å².